The Bertz CT molecular complexity index is 523. The van der Waals surface area contributed by atoms with Crippen molar-refractivity contribution in [2.24, 2.45) is 5.14 Å². The van der Waals surface area contributed by atoms with Crippen molar-refractivity contribution in [1.82, 2.24) is 0 Å². The van der Waals surface area contributed by atoms with E-state index in [9.17, 15) is 8.42 Å². The third-order valence-electron chi connectivity index (χ3n) is 1.74. The molecule has 0 saturated carbocycles. The third kappa shape index (κ3) is 3.06. The number of sulfonamides is 1. The van der Waals surface area contributed by atoms with Crippen LogP contribution in [-0.4, -0.2) is 20.1 Å². The lowest BCUT2D eigenvalue weighted by atomic mass is 10.1. The van der Waals surface area contributed by atoms with Crippen LogP contribution in [0.3, 0.4) is 0 Å². The molecule has 0 aromatic heterocycles. The molecule has 80 valence electrons. The smallest absolute Gasteiger partial charge is 0.239 e. The van der Waals surface area contributed by atoms with Gasteiger partial charge in [0, 0.05) is 5.56 Å². The molecule has 0 aliphatic rings. The zero-order valence-corrected chi connectivity index (χ0v) is 9.00. The van der Waals surface area contributed by atoms with Crippen LogP contribution in [0.25, 0.3) is 0 Å². The van der Waals surface area contributed by atoms with E-state index >= 15 is 0 Å². The first-order valence-electron chi connectivity index (χ1n) is 4.18. The summed E-state index contributed by atoms with van der Waals surface area (Å²) in [4.78, 5) is -0.0194. The summed E-state index contributed by atoms with van der Waals surface area (Å²) in [5.41, 5.74) is 1.19. The van der Waals surface area contributed by atoms with Gasteiger partial charge in [0.25, 0.3) is 0 Å². The summed E-state index contributed by atoms with van der Waals surface area (Å²) in [6.07, 6.45) is 0. The number of aryl methyl sites for hydroxylation is 1. The Labute approximate surface area is 88.8 Å². The molecule has 0 unspecified atom stereocenters. The van der Waals surface area contributed by atoms with Crippen LogP contribution in [0.2, 0.25) is 0 Å². The van der Waals surface area contributed by atoms with E-state index in [-0.39, 0.29) is 11.5 Å². The van der Waals surface area contributed by atoms with Gasteiger partial charge in [-0.1, -0.05) is 17.9 Å². The Balaban J connectivity index is 3.40. The maximum absolute atomic E-state index is 11.2. The number of aliphatic hydroxyl groups excluding tert-OH is 1. The number of hydrogen-bond donors (Lipinski definition) is 2. The fraction of sp³-hybridized carbons (Fsp3) is 0.200. The van der Waals surface area contributed by atoms with Crippen molar-refractivity contribution >= 4 is 10.0 Å². The number of aliphatic hydroxyl groups is 1. The minimum atomic E-state index is -3.76. The van der Waals surface area contributed by atoms with E-state index in [1.54, 1.807) is 12.1 Å². The Morgan fingerprint density at radius 3 is 2.67 bits per heavy atom. The third-order valence-corrected chi connectivity index (χ3v) is 2.71. The molecule has 0 aliphatic heterocycles. The van der Waals surface area contributed by atoms with Crippen LogP contribution in [0, 0.1) is 18.8 Å². The molecule has 0 atom stereocenters. The van der Waals surface area contributed by atoms with Gasteiger partial charge in [0.15, 0.2) is 0 Å². The maximum atomic E-state index is 11.2. The lowest BCUT2D eigenvalue weighted by molar-refractivity contribution is 0.350. The monoisotopic (exact) mass is 225 g/mol. The van der Waals surface area contributed by atoms with E-state index in [4.69, 9.17) is 10.2 Å². The second-order valence-corrected chi connectivity index (χ2v) is 4.53. The van der Waals surface area contributed by atoms with Crippen molar-refractivity contribution in [3.63, 3.8) is 0 Å². The largest absolute Gasteiger partial charge is 0.384 e. The zero-order valence-electron chi connectivity index (χ0n) is 8.19. The molecular weight excluding hydrogens is 214 g/mol. The predicted molar refractivity (Wildman–Crippen MR) is 56.5 cm³/mol. The van der Waals surface area contributed by atoms with Crippen LogP contribution in [0.5, 0.6) is 0 Å². The first-order valence-corrected chi connectivity index (χ1v) is 5.73. The van der Waals surface area contributed by atoms with E-state index in [1.165, 1.54) is 6.07 Å². The van der Waals surface area contributed by atoms with Crippen LogP contribution < -0.4 is 5.14 Å². The molecule has 4 nitrogen and oxygen atoms in total. The number of rotatable bonds is 1. The number of nitrogens with two attached hydrogens (primary N) is 1. The molecule has 0 radical (unpaired) electrons. The molecule has 5 heteroatoms. The van der Waals surface area contributed by atoms with Crippen LogP contribution in [0.15, 0.2) is 23.1 Å². The molecule has 3 N–H and O–H groups in total. The summed E-state index contributed by atoms with van der Waals surface area (Å²) < 4.78 is 22.4. The summed E-state index contributed by atoms with van der Waals surface area (Å²) in [5, 5.41) is 13.6. The highest BCUT2D eigenvalue weighted by molar-refractivity contribution is 7.89. The fourth-order valence-corrected chi connectivity index (χ4v) is 1.80. The number of hydrogen-bond acceptors (Lipinski definition) is 3. The van der Waals surface area contributed by atoms with Gasteiger partial charge in [0.1, 0.15) is 6.61 Å². The van der Waals surface area contributed by atoms with E-state index in [1.807, 2.05) is 6.92 Å². The molecule has 0 spiro atoms. The summed E-state index contributed by atoms with van der Waals surface area (Å²) in [6, 6.07) is 4.67. The van der Waals surface area contributed by atoms with Gasteiger partial charge in [-0.15, -0.1) is 0 Å². The van der Waals surface area contributed by atoms with Gasteiger partial charge in [0.05, 0.1) is 4.90 Å². The lowest BCUT2D eigenvalue weighted by Crippen LogP contribution is -2.13. The van der Waals surface area contributed by atoms with Gasteiger partial charge in [-0.3, -0.25) is 0 Å². The fourth-order valence-electron chi connectivity index (χ4n) is 1.12. The molecule has 0 bridgehead atoms. The number of benzene rings is 1. The molecule has 0 aliphatic carbocycles. The topological polar surface area (TPSA) is 80.4 Å². The van der Waals surface area contributed by atoms with Crippen molar-refractivity contribution in [2.45, 2.75) is 11.8 Å². The Hall–Kier alpha value is -1.35. The van der Waals surface area contributed by atoms with Crippen LogP contribution in [0.1, 0.15) is 11.1 Å². The Kier molecular flexibility index (Phi) is 3.48. The van der Waals surface area contributed by atoms with Gasteiger partial charge < -0.3 is 5.11 Å². The Morgan fingerprint density at radius 2 is 2.13 bits per heavy atom. The number of primary sulfonamides is 1. The van der Waals surface area contributed by atoms with E-state index in [0.29, 0.717) is 5.56 Å². The molecule has 0 heterocycles. The van der Waals surface area contributed by atoms with Crippen LogP contribution >= 0.6 is 0 Å². The van der Waals surface area contributed by atoms with Crippen molar-refractivity contribution in [1.29, 1.82) is 0 Å². The van der Waals surface area contributed by atoms with Gasteiger partial charge in [-0.25, -0.2) is 13.6 Å². The van der Waals surface area contributed by atoms with E-state index < -0.39 is 10.0 Å². The summed E-state index contributed by atoms with van der Waals surface area (Å²) in [6.45, 7) is 1.50. The SMILES string of the molecule is Cc1ccc(S(N)(=O)=O)c(C#CCO)c1. The summed E-state index contributed by atoms with van der Waals surface area (Å²) >= 11 is 0. The minimum absolute atomic E-state index is 0.0194. The van der Waals surface area contributed by atoms with Gasteiger partial charge in [0.2, 0.25) is 10.0 Å². The van der Waals surface area contributed by atoms with E-state index in [0.717, 1.165) is 5.56 Å². The normalized spacial score (nSPS) is 10.6. The highest BCUT2D eigenvalue weighted by Crippen LogP contribution is 2.14. The van der Waals surface area contributed by atoms with E-state index in [2.05, 4.69) is 11.8 Å². The molecule has 0 saturated heterocycles. The molecule has 0 amide bonds. The van der Waals surface area contributed by atoms with Crippen LogP contribution in [0.4, 0.5) is 0 Å². The highest BCUT2D eigenvalue weighted by atomic mass is 32.2. The first-order chi connectivity index (χ1) is 6.95. The molecule has 0 fully saturated rings. The maximum Gasteiger partial charge on any atom is 0.239 e. The Morgan fingerprint density at radius 1 is 1.47 bits per heavy atom. The molecule has 1 aromatic rings. The molecule has 1 aromatic carbocycles. The lowest BCUT2D eigenvalue weighted by Gasteiger charge is -2.02. The predicted octanol–water partition coefficient (Wildman–Crippen LogP) is -0.0138. The summed E-state index contributed by atoms with van der Waals surface area (Å²) in [7, 11) is -3.76. The summed E-state index contributed by atoms with van der Waals surface area (Å²) in [5.74, 6) is 4.94. The zero-order chi connectivity index (χ0) is 11.5. The van der Waals surface area contributed by atoms with Crippen molar-refractivity contribution < 1.29 is 13.5 Å². The molecule has 1 rings (SSSR count). The molecular formula is C10H11NO3S. The second-order valence-electron chi connectivity index (χ2n) is 3.00. The highest BCUT2D eigenvalue weighted by Gasteiger charge is 2.12. The second kappa shape index (κ2) is 4.45. The van der Waals surface area contributed by atoms with Gasteiger partial charge in [-0.05, 0) is 24.6 Å². The van der Waals surface area contributed by atoms with Crippen molar-refractivity contribution in [3.8, 4) is 11.8 Å². The van der Waals surface area contributed by atoms with Crippen molar-refractivity contribution in [2.75, 3.05) is 6.61 Å². The van der Waals surface area contributed by atoms with Gasteiger partial charge in [-0.2, -0.15) is 0 Å². The average molecular weight is 225 g/mol. The van der Waals surface area contributed by atoms with Crippen LogP contribution in [-0.2, 0) is 10.0 Å². The minimum Gasteiger partial charge on any atom is -0.384 e. The first kappa shape index (κ1) is 11.7. The average Bonchev–Trinajstić information content (AvgIpc) is 2.12. The molecule has 15 heavy (non-hydrogen) atoms. The quantitative estimate of drug-likeness (QED) is 0.659. The standard InChI is InChI=1S/C10H11NO3S/c1-8-4-5-10(15(11,13)14)9(7-8)3-2-6-12/h4-5,7,12H,6H2,1H3,(H2,11,13,14). The van der Waals surface area contributed by atoms with Gasteiger partial charge >= 0.3 is 0 Å². The van der Waals surface area contributed by atoms with Crippen molar-refractivity contribution in [3.05, 3.63) is 29.3 Å².